The molecule has 0 bridgehead atoms. The van der Waals surface area contributed by atoms with Gasteiger partial charge in [-0.05, 0) is 41.5 Å². The van der Waals surface area contributed by atoms with E-state index in [1.807, 2.05) is 0 Å². The average molecular weight is 582 g/mol. The molecule has 39 heavy (non-hydrogen) atoms. The van der Waals surface area contributed by atoms with Gasteiger partial charge in [0.2, 0.25) is 21.8 Å². The highest BCUT2D eigenvalue weighted by Crippen LogP contribution is 2.32. The summed E-state index contributed by atoms with van der Waals surface area (Å²) >= 11 is 6.12. The zero-order valence-corrected chi connectivity index (χ0v) is 22.7. The lowest BCUT2D eigenvalue weighted by Crippen LogP contribution is -2.52. The van der Waals surface area contributed by atoms with Gasteiger partial charge in [0.05, 0.1) is 17.5 Å². The van der Waals surface area contributed by atoms with Crippen LogP contribution in [0, 0.1) is 0 Å². The number of anilines is 1. The number of likely N-dealkylation sites (N-methyl/N-ethyl adjacent to an activating group) is 1. The molecule has 1 atom stereocenters. The van der Waals surface area contributed by atoms with Gasteiger partial charge in [-0.3, -0.25) is 13.9 Å². The Kier molecular flexibility index (Phi) is 9.63. The van der Waals surface area contributed by atoms with E-state index in [9.17, 15) is 31.2 Å². The van der Waals surface area contributed by atoms with Crippen molar-refractivity contribution in [1.29, 1.82) is 0 Å². The molecular formula is C27H27ClF3N3O4S. The van der Waals surface area contributed by atoms with Crippen molar-refractivity contribution in [3.8, 4) is 0 Å². The van der Waals surface area contributed by atoms with Crippen LogP contribution in [0.5, 0.6) is 0 Å². The fourth-order valence-electron chi connectivity index (χ4n) is 4.00. The first-order valence-electron chi connectivity index (χ1n) is 11.7. The summed E-state index contributed by atoms with van der Waals surface area (Å²) in [6, 6.07) is 18.1. The second kappa shape index (κ2) is 12.5. The molecule has 7 nitrogen and oxygen atoms in total. The molecule has 0 spiro atoms. The van der Waals surface area contributed by atoms with Crippen molar-refractivity contribution in [1.82, 2.24) is 10.2 Å². The van der Waals surface area contributed by atoms with Crippen molar-refractivity contribution < 1.29 is 31.2 Å². The van der Waals surface area contributed by atoms with E-state index >= 15 is 0 Å². The minimum Gasteiger partial charge on any atom is -0.357 e. The maximum Gasteiger partial charge on any atom is 0.416 e. The number of halogens is 4. The average Bonchev–Trinajstić information content (AvgIpc) is 2.88. The first-order valence-corrected chi connectivity index (χ1v) is 14.0. The molecule has 1 N–H and O–H groups in total. The molecule has 0 heterocycles. The number of benzene rings is 3. The highest BCUT2D eigenvalue weighted by Gasteiger charge is 2.34. The van der Waals surface area contributed by atoms with Crippen LogP contribution in [0.15, 0.2) is 78.9 Å². The van der Waals surface area contributed by atoms with E-state index in [0.717, 1.165) is 24.0 Å². The Morgan fingerprint density at radius 2 is 1.59 bits per heavy atom. The molecule has 3 aromatic rings. The van der Waals surface area contributed by atoms with E-state index in [2.05, 4.69) is 5.32 Å². The van der Waals surface area contributed by atoms with E-state index in [-0.39, 0.29) is 18.7 Å². The number of rotatable bonds is 10. The molecule has 208 valence electrons. The van der Waals surface area contributed by atoms with Crippen LogP contribution in [0.1, 0.15) is 16.7 Å². The predicted octanol–water partition coefficient (Wildman–Crippen LogP) is 4.51. The van der Waals surface area contributed by atoms with Gasteiger partial charge in [-0.15, -0.1) is 0 Å². The van der Waals surface area contributed by atoms with Crippen LogP contribution in [-0.2, 0) is 38.8 Å². The minimum absolute atomic E-state index is 0.106. The molecule has 3 aromatic carbocycles. The normalized spacial score (nSPS) is 12.5. The van der Waals surface area contributed by atoms with Crippen LogP contribution in [0.3, 0.4) is 0 Å². The Morgan fingerprint density at radius 1 is 0.949 bits per heavy atom. The Bertz CT molecular complexity index is 1420. The van der Waals surface area contributed by atoms with Gasteiger partial charge in [0, 0.05) is 25.0 Å². The molecule has 2 amide bonds. The highest BCUT2D eigenvalue weighted by atomic mass is 35.5. The Labute approximate surface area is 230 Å². The van der Waals surface area contributed by atoms with Gasteiger partial charge >= 0.3 is 6.18 Å². The molecular weight excluding hydrogens is 555 g/mol. The van der Waals surface area contributed by atoms with E-state index in [0.29, 0.717) is 21.0 Å². The molecule has 3 rings (SSSR count). The van der Waals surface area contributed by atoms with Crippen LogP contribution in [0.4, 0.5) is 18.9 Å². The van der Waals surface area contributed by atoms with Crippen LogP contribution >= 0.6 is 11.6 Å². The number of hydrogen-bond donors (Lipinski definition) is 1. The third-order valence-corrected chi connectivity index (χ3v) is 7.28. The second-order valence-electron chi connectivity index (χ2n) is 8.79. The van der Waals surface area contributed by atoms with Gasteiger partial charge in [0.1, 0.15) is 12.6 Å². The number of amides is 2. The number of sulfonamides is 1. The second-order valence-corrected chi connectivity index (χ2v) is 11.1. The lowest BCUT2D eigenvalue weighted by atomic mass is 10.0. The van der Waals surface area contributed by atoms with Crippen LogP contribution < -0.4 is 9.62 Å². The molecule has 0 aliphatic rings. The van der Waals surface area contributed by atoms with Gasteiger partial charge < -0.3 is 10.2 Å². The predicted molar refractivity (Wildman–Crippen MR) is 144 cm³/mol. The first-order chi connectivity index (χ1) is 18.3. The summed E-state index contributed by atoms with van der Waals surface area (Å²) in [6.45, 7) is -0.937. The maximum absolute atomic E-state index is 13.8. The van der Waals surface area contributed by atoms with E-state index in [1.54, 1.807) is 54.6 Å². The third kappa shape index (κ3) is 8.21. The summed E-state index contributed by atoms with van der Waals surface area (Å²) in [7, 11) is -2.79. The van der Waals surface area contributed by atoms with E-state index in [1.165, 1.54) is 18.0 Å². The fourth-order valence-corrected chi connectivity index (χ4v) is 5.06. The summed E-state index contributed by atoms with van der Waals surface area (Å²) in [4.78, 5) is 28.0. The molecule has 0 aromatic heterocycles. The van der Waals surface area contributed by atoms with Crippen LogP contribution in [0.25, 0.3) is 0 Å². The molecule has 0 aliphatic heterocycles. The summed E-state index contributed by atoms with van der Waals surface area (Å²) < 4.78 is 66.0. The van der Waals surface area contributed by atoms with Gasteiger partial charge in [0.15, 0.2) is 0 Å². The highest BCUT2D eigenvalue weighted by molar-refractivity contribution is 7.92. The number of carbonyl (C=O) groups is 2. The van der Waals surface area contributed by atoms with E-state index < -0.39 is 46.2 Å². The van der Waals surface area contributed by atoms with Crippen molar-refractivity contribution in [2.24, 2.45) is 0 Å². The standard InChI is InChI=1S/C27H27ClF3N3O4S/c1-32-26(36)24(15-19-8-4-3-5-9-19)33(17-20-10-6-12-22(28)14-20)25(35)18-34(39(2,37)38)23-13-7-11-21(16-23)27(29,30)31/h3-14,16,24H,15,17-18H2,1-2H3,(H,32,36)/t24-/m1/s1. The van der Waals surface area contributed by atoms with Crippen molar-refractivity contribution in [2.75, 3.05) is 24.2 Å². The monoisotopic (exact) mass is 581 g/mol. The number of nitrogens with one attached hydrogen (secondary N) is 1. The lowest BCUT2D eigenvalue weighted by Gasteiger charge is -2.33. The van der Waals surface area contributed by atoms with Crippen LogP contribution in [-0.4, -0.2) is 51.0 Å². The third-order valence-electron chi connectivity index (χ3n) is 5.90. The number of alkyl halides is 3. The minimum atomic E-state index is -4.72. The van der Waals surface area contributed by atoms with Crippen molar-refractivity contribution in [3.63, 3.8) is 0 Å². The summed E-state index contributed by atoms with van der Waals surface area (Å²) in [5.41, 5.74) is -0.0808. The number of hydrogen-bond acceptors (Lipinski definition) is 4. The summed E-state index contributed by atoms with van der Waals surface area (Å²) in [5.74, 6) is -1.29. The fraction of sp³-hybridized carbons (Fsp3) is 0.259. The topological polar surface area (TPSA) is 86.8 Å². The molecule has 12 heteroatoms. The molecule has 0 unspecified atom stereocenters. The molecule has 0 radical (unpaired) electrons. The van der Waals surface area contributed by atoms with Gasteiger partial charge in [-0.1, -0.05) is 60.1 Å². The van der Waals surface area contributed by atoms with Crippen molar-refractivity contribution >= 4 is 39.1 Å². The quantitative estimate of drug-likeness (QED) is 0.382. The largest absolute Gasteiger partial charge is 0.416 e. The first kappa shape index (κ1) is 30.0. The van der Waals surface area contributed by atoms with Gasteiger partial charge in [-0.25, -0.2) is 8.42 Å². The Morgan fingerprint density at radius 3 is 2.18 bits per heavy atom. The molecule has 0 aliphatic carbocycles. The Hall–Kier alpha value is -3.57. The van der Waals surface area contributed by atoms with Gasteiger partial charge in [0.25, 0.3) is 0 Å². The zero-order chi connectivity index (χ0) is 28.8. The Balaban J connectivity index is 2.05. The smallest absolute Gasteiger partial charge is 0.357 e. The summed E-state index contributed by atoms with van der Waals surface area (Å²) in [6.07, 6.45) is -3.82. The summed E-state index contributed by atoms with van der Waals surface area (Å²) in [5, 5.41) is 2.93. The SMILES string of the molecule is CNC(=O)[C@@H](Cc1ccccc1)N(Cc1cccc(Cl)c1)C(=O)CN(c1cccc(C(F)(F)F)c1)S(C)(=O)=O. The number of nitrogens with zero attached hydrogens (tertiary/aromatic N) is 2. The molecule has 0 saturated carbocycles. The maximum atomic E-state index is 13.8. The van der Waals surface area contributed by atoms with Gasteiger partial charge in [-0.2, -0.15) is 13.2 Å². The number of carbonyl (C=O) groups excluding carboxylic acids is 2. The van der Waals surface area contributed by atoms with E-state index in [4.69, 9.17) is 11.6 Å². The zero-order valence-electron chi connectivity index (χ0n) is 21.2. The van der Waals surface area contributed by atoms with Crippen LogP contribution in [0.2, 0.25) is 5.02 Å². The lowest BCUT2D eigenvalue weighted by molar-refractivity contribution is -0.139. The van der Waals surface area contributed by atoms with Crippen molar-refractivity contribution in [3.05, 3.63) is 101 Å². The van der Waals surface area contributed by atoms with Crippen molar-refractivity contribution in [2.45, 2.75) is 25.2 Å². The molecule has 0 saturated heterocycles. The molecule has 0 fully saturated rings.